The van der Waals surface area contributed by atoms with E-state index in [1.54, 1.807) is 7.05 Å². The first-order chi connectivity index (χ1) is 9.61. The van der Waals surface area contributed by atoms with E-state index in [1.165, 1.54) is 4.90 Å². The van der Waals surface area contributed by atoms with E-state index in [4.69, 9.17) is 0 Å². The molecule has 2 atom stereocenters. The average molecular weight is 276 g/mol. The second kappa shape index (κ2) is 5.07. The summed E-state index contributed by atoms with van der Waals surface area (Å²) in [6, 6.07) is 5.75. The van der Waals surface area contributed by atoms with Gasteiger partial charge in [0.1, 0.15) is 0 Å². The van der Waals surface area contributed by atoms with Gasteiger partial charge in [-0.2, -0.15) is 0 Å². The van der Waals surface area contributed by atoms with Crippen LogP contribution >= 0.6 is 0 Å². The van der Waals surface area contributed by atoms with E-state index in [0.717, 1.165) is 37.3 Å². The van der Waals surface area contributed by atoms with Gasteiger partial charge in [0.25, 0.3) is 5.91 Å². The lowest BCUT2D eigenvalue weighted by molar-refractivity contribution is -0.125. The number of carbonyl (C=O) groups excluding carboxylic acids is 1. The molecule has 0 spiro atoms. The molecule has 1 fully saturated rings. The fraction of sp³-hybridized carbons (Fsp3) is 0.533. The number of piperidine rings is 1. The lowest BCUT2D eigenvalue weighted by Crippen LogP contribution is -2.36. The maximum Gasteiger partial charge on any atom is 0.260 e. The van der Waals surface area contributed by atoms with Crippen molar-refractivity contribution in [3.63, 3.8) is 0 Å². The first-order valence-electron chi connectivity index (χ1n) is 7.07. The Morgan fingerprint density at radius 3 is 2.95 bits per heavy atom. The molecule has 1 aromatic carbocycles. The fourth-order valence-electron chi connectivity index (χ4n) is 3.13. The Kier molecular flexibility index (Phi) is 3.40. The Labute approximate surface area is 118 Å². The second-order valence-electron chi connectivity index (χ2n) is 5.68. The van der Waals surface area contributed by atoms with Gasteiger partial charge in [0.2, 0.25) is 0 Å². The molecule has 2 aliphatic rings. The highest BCUT2D eigenvalue weighted by Crippen LogP contribution is 2.38. The van der Waals surface area contributed by atoms with Crippen LogP contribution in [-0.4, -0.2) is 42.9 Å². The second-order valence-corrected chi connectivity index (χ2v) is 5.68. The maximum absolute atomic E-state index is 11.8. The Morgan fingerprint density at radius 2 is 2.20 bits per heavy atom. The third-order valence-corrected chi connectivity index (χ3v) is 4.38. The van der Waals surface area contributed by atoms with Crippen molar-refractivity contribution in [3.8, 4) is 0 Å². The van der Waals surface area contributed by atoms with E-state index >= 15 is 0 Å². The van der Waals surface area contributed by atoms with Crippen LogP contribution in [0.2, 0.25) is 0 Å². The molecule has 1 amide bonds. The van der Waals surface area contributed by atoms with Gasteiger partial charge in [-0.1, -0.05) is 6.07 Å². The predicted octanol–water partition coefficient (Wildman–Crippen LogP) is 0.905. The first-order valence-corrected chi connectivity index (χ1v) is 7.07. The van der Waals surface area contributed by atoms with Gasteiger partial charge in [0.05, 0.1) is 5.69 Å². The fourth-order valence-corrected chi connectivity index (χ4v) is 3.13. The Balaban J connectivity index is 1.88. The van der Waals surface area contributed by atoms with Crippen molar-refractivity contribution in [2.45, 2.75) is 18.9 Å². The largest absolute Gasteiger partial charge is 0.396 e. The Morgan fingerprint density at radius 1 is 1.40 bits per heavy atom. The number of aliphatic hydroxyl groups excluding tert-OH is 2. The van der Waals surface area contributed by atoms with Crippen molar-refractivity contribution in [2.24, 2.45) is 5.92 Å². The van der Waals surface area contributed by atoms with Crippen LogP contribution in [-0.2, 0) is 4.79 Å². The summed E-state index contributed by atoms with van der Waals surface area (Å²) in [5, 5.41) is 19.2. The number of aliphatic hydroxyl groups is 2. The van der Waals surface area contributed by atoms with Crippen LogP contribution in [0.1, 0.15) is 24.5 Å². The highest BCUT2D eigenvalue weighted by molar-refractivity contribution is 6.03. The van der Waals surface area contributed by atoms with Crippen molar-refractivity contribution in [1.29, 1.82) is 0 Å². The Bertz CT molecular complexity index is 532. The number of hydrogen-bond donors (Lipinski definition) is 2. The van der Waals surface area contributed by atoms with Gasteiger partial charge in [0, 0.05) is 38.0 Å². The summed E-state index contributed by atoms with van der Waals surface area (Å²) < 4.78 is 0. The molecule has 2 aliphatic heterocycles. The normalized spacial score (nSPS) is 26.1. The van der Waals surface area contributed by atoms with E-state index < -0.39 is 6.10 Å². The van der Waals surface area contributed by atoms with Crippen molar-refractivity contribution in [1.82, 2.24) is 0 Å². The molecule has 0 saturated carbocycles. The van der Waals surface area contributed by atoms with E-state index in [2.05, 4.69) is 4.90 Å². The lowest BCUT2D eigenvalue weighted by atomic mass is 9.98. The Hall–Kier alpha value is -1.59. The van der Waals surface area contributed by atoms with Gasteiger partial charge >= 0.3 is 0 Å². The van der Waals surface area contributed by atoms with Crippen molar-refractivity contribution in [2.75, 3.05) is 36.5 Å². The standard InChI is InChI=1S/C15H20N2O3/c1-16-13-7-11(4-5-12(13)14(19)15(16)20)17-6-2-3-10(8-17)9-18/h4-5,7,10,14,18-19H,2-3,6,8-9H2,1H3. The molecule has 2 N–H and O–H groups in total. The zero-order chi connectivity index (χ0) is 14.3. The van der Waals surface area contributed by atoms with Crippen LogP contribution in [0, 0.1) is 5.92 Å². The van der Waals surface area contributed by atoms with E-state index in [0.29, 0.717) is 11.5 Å². The number of benzene rings is 1. The molecular weight excluding hydrogens is 256 g/mol. The summed E-state index contributed by atoms with van der Waals surface area (Å²) in [7, 11) is 1.69. The molecule has 2 heterocycles. The quantitative estimate of drug-likeness (QED) is 0.842. The predicted molar refractivity (Wildman–Crippen MR) is 76.8 cm³/mol. The summed E-state index contributed by atoms with van der Waals surface area (Å²) in [5.41, 5.74) is 2.51. The molecule has 3 rings (SSSR count). The molecule has 5 heteroatoms. The topological polar surface area (TPSA) is 64.0 Å². The number of nitrogens with zero attached hydrogens (tertiary/aromatic N) is 2. The third-order valence-electron chi connectivity index (χ3n) is 4.38. The maximum atomic E-state index is 11.8. The highest BCUT2D eigenvalue weighted by Gasteiger charge is 2.34. The molecule has 5 nitrogen and oxygen atoms in total. The number of anilines is 2. The van der Waals surface area contributed by atoms with Crippen LogP contribution in [0.5, 0.6) is 0 Å². The van der Waals surface area contributed by atoms with Gasteiger partial charge < -0.3 is 20.0 Å². The van der Waals surface area contributed by atoms with Crippen molar-refractivity contribution >= 4 is 17.3 Å². The van der Waals surface area contributed by atoms with Gasteiger partial charge in [-0.3, -0.25) is 4.79 Å². The third kappa shape index (κ3) is 2.07. The first kappa shape index (κ1) is 13.4. The minimum atomic E-state index is -1.03. The molecule has 1 aromatic rings. The summed E-state index contributed by atoms with van der Waals surface area (Å²) in [4.78, 5) is 15.5. The van der Waals surface area contributed by atoms with Gasteiger partial charge in [-0.25, -0.2) is 0 Å². The molecule has 2 unspecified atom stereocenters. The lowest BCUT2D eigenvalue weighted by Gasteiger charge is -2.34. The van der Waals surface area contributed by atoms with E-state index in [9.17, 15) is 15.0 Å². The molecular formula is C15H20N2O3. The number of fused-ring (bicyclic) bond motifs is 1. The number of amides is 1. The van der Waals surface area contributed by atoms with Crippen LogP contribution < -0.4 is 9.80 Å². The summed E-state index contributed by atoms with van der Waals surface area (Å²) in [6.07, 6.45) is 1.10. The zero-order valence-corrected chi connectivity index (χ0v) is 11.6. The molecule has 0 radical (unpaired) electrons. The van der Waals surface area contributed by atoms with E-state index in [-0.39, 0.29) is 12.5 Å². The summed E-state index contributed by atoms with van der Waals surface area (Å²) >= 11 is 0. The molecule has 1 saturated heterocycles. The van der Waals surface area contributed by atoms with Gasteiger partial charge in [-0.15, -0.1) is 0 Å². The van der Waals surface area contributed by atoms with Crippen molar-refractivity contribution in [3.05, 3.63) is 23.8 Å². The van der Waals surface area contributed by atoms with Crippen LogP contribution in [0.4, 0.5) is 11.4 Å². The number of hydrogen-bond acceptors (Lipinski definition) is 4. The summed E-state index contributed by atoms with van der Waals surface area (Å²) in [5.74, 6) is 0.0472. The van der Waals surface area contributed by atoms with E-state index in [1.807, 2.05) is 18.2 Å². The van der Waals surface area contributed by atoms with Gasteiger partial charge in [-0.05, 0) is 30.9 Å². The van der Waals surface area contributed by atoms with Crippen LogP contribution in [0.15, 0.2) is 18.2 Å². The van der Waals surface area contributed by atoms with Crippen LogP contribution in [0.3, 0.4) is 0 Å². The van der Waals surface area contributed by atoms with Gasteiger partial charge in [0.15, 0.2) is 6.10 Å². The smallest absolute Gasteiger partial charge is 0.260 e. The molecule has 0 aromatic heterocycles. The SMILES string of the molecule is CN1C(=O)C(O)c2ccc(N3CCCC(CO)C3)cc21. The molecule has 108 valence electrons. The number of carbonyl (C=O) groups is 1. The summed E-state index contributed by atoms with van der Waals surface area (Å²) in [6.45, 7) is 2.03. The molecule has 20 heavy (non-hydrogen) atoms. The minimum Gasteiger partial charge on any atom is -0.396 e. The monoisotopic (exact) mass is 276 g/mol. The highest BCUT2D eigenvalue weighted by atomic mass is 16.3. The molecule has 0 aliphatic carbocycles. The zero-order valence-electron chi connectivity index (χ0n) is 11.6. The number of likely N-dealkylation sites (N-methyl/N-ethyl adjacent to an activating group) is 1. The average Bonchev–Trinajstić information content (AvgIpc) is 2.72. The van der Waals surface area contributed by atoms with Crippen LogP contribution in [0.25, 0.3) is 0 Å². The molecule has 0 bridgehead atoms. The number of rotatable bonds is 2. The van der Waals surface area contributed by atoms with Crippen molar-refractivity contribution < 1.29 is 15.0 Å². The minimum absolute atomic E-state index is 0.221.